The highest BCUT2D eigenvalue weighted by molar-refractivity contribution is 5.84. The Morgan fingerprint density at radius 2 is 1.96 bits per heavy atom. The molecular formula is C18H18N6O2. The van der Waals surface area contributed by atoms with Gasteiger partial charge in [0.05, 0.1) is 18.0 Å². The highest BCUT2D eigenvalue weighted by Gasteiger charge is 2.13. The number of anilines is 1. The zero-order valence-electron chi connectivity index (χ0n) is 14.9. The van der Waals surface area contributed by atoms with Crippen molar-refractivity contribution in [2.45, 2.75) is 6.92 Å². The van der Waals surface area contributed by atoms with E-state index in [4.69, 9.17) is 4.74 Å². The minimum atomic E-state index is -0.155. The van der Waals surface area contributed by atoms with Crippen LogP contribution in [0.5, 0.6) is 5.75 Å². The first-order valence-electron chi connectivity index (χ1n) is 8.09. The molecule has 0 spiro atoms. The Hall–Kier alpha value is -3.42. The molecule has 4 aromatic rings. The zero-order valence-corrected chi connectivity index (χ0v) is 14.9. The molecule has 0 saturated carbocycles. The van der Waals surface area contributed by atoms with Crippen LogP contribution < -0.4 is 15.2 Å². The van der Waals surface area contributed by atoms with Crippen molar-refractivity contribution in [3.8, 4) is 16.9 Å². The molecule has 3 heterocycles. The summed E-state index contributed by atoms with van der Waals surface area (Å²) in [5.41, 5.74) is 2.88. The topological polar surface area (TPSA) is 88.4 Å². The summed E-state index contributed by atoms with van der Waals surface area (Å²) in [6.45, 7) is 1.76. The monoisotopic (exact) mass is 350 g/mol. The van der Waals surface area contributed by atoms with Gasteiger partial charge < -0.3 is 14.6 Å². The third kappa shape index (κ3) is 2.55. The summed E-state index contributed by atoms with van der Waals surface area (Å²) in [6, 6.07) is 7.49. The third-order valence-electron chi connectivity index (χ3n) is 4.17. The maximum atomic E-state index is 12.2. The number of nitrogens with zero attached hydrogens (tertiary/aromatic N) is 5. The molecule has 0 fully saturated rings. The van der Waals surface area contributed by atoms with E-state index in [9.17, 15) is 4.79 Å². The minimum absolute atomic E-state index is 0.155. The number of H-pyrrole nitrogens is 1. The number of hydrogen-bond donors (Lipinski definition) is 1. The molecule has 1 aromatic carbocycles. The number of aryl methyl sites for hydroxylation is 1. The number of pyridine rings is 1. The van der Waals surface area contributed by atoms with Gasteiger partial charge in [0.1, 0.15) is 5.82 Å². The molecule has 0 amide bonds. The molecule has 0 aliphatic carbocycles. The lowest BCUT2D eigenvalue weighted by atomic mass is 10.1. The van der Waals surface area contributed by atoms with E-state index in [1.54, 1.807) is 18.5 Å². The van der Waals surface area contributed by atoms with Gasteiger partial charge in [-0.05, 0) is 30.7 Å². The maximum Gasteiger partial charge on any atom is 0.258 e. The Bertz CT molecular complexity index is 1190. The maximum absolute atomic E-state index is 12.2. The Kier molecular flexibility index (Phi) is 3.61. The summed E-state index contributed by atoms with van der Waals surface area (Å²) in [5.74, 6) is 1.80. The fourth-order valence-electron chi connectivity index (χ4n) is 2.88. The van der Waals surface area contributed by atoms with E-state index in [2.05, 4.69) is 20.1 Å². The minimum Gasteiger partial charge on any atom is -0.493 e. The Morgan fingerprint density at radius 3 is 2.69 bits per heavy atom. The van der Waals surface area contributed by atoms with Gasteiger partial charge in [-0.1, -0.05) is 6.07 Å². The number of benzene rings is 1. The normalized spacial score (nSPS) is 11.2. The largest absolute Gasteiger partial charge is 0.493 e. The second-order valence-electron chi connectivity index (χ2n) is 6.25. The van der Waals surface area contributed by atoms with Gasteiger partial charge in [0.2, 0.25) is 5.95 Å². The predicted molar refractivity (Wildman–Crippen MR) is 100.0 cm³/mol. The molecule has 0 atom stereocenters. The number of ether oxygens (including phenoxy) is 1. The lowest BCUT2D eigenvalue weighted by Gasteiger charge is -2.07. The summed E-state index contributed by atoms with van der Waals surface area (Å²) in [7, 11) is 5.36. The average Bonchev–Trinajstić information content (AvgIpc) is 3.05. The third-order valence-corrected chi connectivity index (χ3v) is 4.17. The van der Waals surface area contributed by atoms with Crippen molar-refractivity contribution >= 4 is 22.5 Å². The highest BCUT2D eigenvalue weighted by Crippen LogP contribution is 2.29. The Morgan fingerprint density at radius 1 is 1.15 bits per heavy atom. The number of rotatable bonds is 3. The van der Waals surface area contributed by atoms with Crippen LogP contribution >= 0.6 is 0 Å². The van der Waals surface area contributed by atoms with E-state index in [1.165, 1.54) is 0 Å². The summed E-state index contributed by atoms with van der Waals surface area (Å²) in [6.07, 6.45) is 1.87. The number of methoxy groups -OCH3 is 1. The number of fused-ring (bicyclic) bond motifs is 2. The van der Waals surface area contributed by atoms with Crippen molar-refractivity contribution in [2.75, 3.05) is 26.1 Å². The summed E-state index contributed by atoms with van der Waals surface area (Å²) < 4.78 is 7.17. The van der Waals surface area contributed by atoms with Gasteiger partial charge in [-0.15, -0.1) is 5.10 Å². The molecule has 4 rings (SSSR count). The SMILES string of the molecule is COc1cc(-c2ccc3nc(C)[nH]c(=O)c3c2)cn2nc(N(C)C)nc12. The second kappa shape index (κ2) is 5.83. The van der Waals surface area contributed by atoms with Crippen molar-refractivity contribution in [1.82, 2.24) is 24.6 Å². The van der Waals surface area contributed by atoms with E-state index < -0.39 is 0 Å². The van der Waals surface area contributed by atoms with Crippen molar-refractivity contribution in [3.63, 3.8) is 0 Å². The molecule has 0 radical (unpaired) electrons. The van der Waals surface area contributed by atoms with Crippen molar-refractivity contribution in [2.24, 2.45) is 0 Å². The second-order valence-corrected chi connectivity index (χ2v) is 6.25. The molecule has 0 saturated heterocycles. The number of nitrogens with one attached hydrogen (secondary N) is 1. The first-order chi connectivity index (χ1) is 12.5. The van der Waals surface area contributed by atoms with E-state index >= 15 is 0 Å². The van der Waals surface area contributed by atoms with Crippen LogP contribution in [-0.2, 0) is 0 Å². The highest BCUT2D eigenvalue weighted by atomic mass is 16.5. The van der Waals surface area contributed by atoms with Gasteiger partial charge in [0.15, 0.2) is 11.4 Å². The molecule has 0 bridgehead atoms. The molecule has 8 nitrogen and oxygen atoms in total. The molecule has 1 N–H and O–H groups in total. The fraction of sp³-hybridized carbons (Fsp3) is 0.222. The number of hydrogen-bond acceptors (Lipinski definition) is 6. The number of aromatic nitrogens is 5. The molecule has 3 aromatic heterocycles. The standard InChI is InChI=1S/C18H18N6O2/c1-10-19-14-6-5-11(7-13(14)17(25)20-10)12-8-15(26-4)16-21-18(23(2)3)22-24(16)9-12/h5-9H,1-4H3,(H,19,20,25). The van der Waals surface area contributed by atoms with Gasteiger partial charge in [0, 0.05) is 25.9 Å². The van der Waals surface area contributed by atoms with Gasteiger partial charge in [-0.2, -0.15) is 4.98 Å². The van der Waals surface area contributed by atoms with Crippen LogP contribution in [0, 0.1) is 6.92 Å². The molecule has 26 heavy (non-hydrogen) atoms. The molecule has 0 unspecified atom stereocenters. The molecular weight excluding hydrogens is 332 g/mol. The van der Waals surface area contributed by atoms with Gasteiger partial charge in [-0.3, -0.25) is 4.79 Å². The zero-order chi connectivity index (χ0) is 18.4. The van der Waals surface area contributed by atoms with Crippen LogP contribution in [0.1, 0.15) is 5.82 Å². The van der Waals surface area contributed by atoms with E-state index in [1.807, 2.05) is 49.5 Å². The van der Waals surface area contributed by atoms with E-state index in [0.29, 0.717) is 34.1 Å². The summed E-state index contributed by atoms with van der Waals surface area (Å²) >= 11 is 0. The van der Waals surface area contributed by atoms with Gasteiger partial charge >= 0.3 is 0 Å². The van der Waals surface area contributed by atoms with Crippen LogP contribution in [0.3, 0.4) is 0 Å². The molecule has 0 aliphatic heterocycles. The first-order valence-corrected chi connectivity index (χ1v) is 8.09. The van der Waals surface area contributed by atoms with Crippen molar-refractivity contribution in [1.29, 1.82) is 0 Å². The summed E-state index contributed by atoms with van der Waals surface area (Å²) in [5, 5.41) is 5.01. The van der Waals surface area contributed by atoms with Crippen LogP contribution in [0.15, 0.2) is 35.3 Å². The average molecular weight is 350 g/mol. The number of aromatic amines is 1. The predicted octanol–water partition coefficient (Wildman–Crippen LogP) is 2.02. The Labute approximate surface area is 149 Å². The van der Waals surface area contributed by atoms with Crippen molar-refractivity contribution in [3.05, 3.63) is 46.6 Å². The van der Waals surface area contributed by atoms with E-state index in [-0.39, 0.29) is 5.56 Å². The van der Waals surface area contributed by atoms with Gasteiger partial charge in [0.25, 0.3) is 5.56 Å². The summed E-state index contributed by atoms with van der Waals surface area (Å²) in [4.78, 5) is 25.7. The lowest BCUT2D eigenvalue weighted by molar-refractivity contribution is 0.417. The van der Waals surface area contributed by atoms with Gasteiger partial charge in [-0.25, -0.2) is 9.50 Å². The first kappa shape index (κ1) is 16.1. The molecule has 0 aliphatic rings. The van der Waals surface area contributed by atoms with Crippen LogP contribution in [0.2, 0.25) is 0 Å². The van der Waals surface area contributed by atoms with Crippen LogP contribution in [-0.4, -0.2) is 45.8 Å². The van der Waals surface area contributed by atoms with E-state index in [0.717, 1.165) is 11.1 Å². The van der Waals surface area contributed by atoms with Crippen LogP contribution in [0.25, 0.3) is 27.7 Å². The smallest absolute Gasteiger partial charge is 0.258 e. The molecule has 8 heteroatoms. The van der Waals surface area contributed by atoms with Crippen LogP contribution in [0.4, 0.5) is 5.95 Å². The Balaban J connectivity index is 1.93. The van der Waals surface area contributed by atoms with Crippen molar-refractivity contribution < 1.29 is 4.74 Å². The lowest BCUT2D eigenvalue weighted by Crippen LogP contribution is -2.10. The molecule has 132 valence electrons. The fourth-order valence-corrected chi connectivity index (χ4v) is 2.88. The quantitative estimate of drug-likeness (QED) is 0.608.